The zero-order valence-electron chi connectivity index (χ0n) is 18.9. The minimum atomic E-state index is -3.45. The summed E-state index contributed by atoms with van der Waals surface area (Å²) >= 11 is 1.32. The summed E-state index contributed by atoms with van der Waals surface area (Å²) in [5.74, 6) is -1.21. The first-order valence-corrected chi connectivity index (χ1v) is 13.5. The van der Waals surface area contributed by atoms with E-state index < -0.39 is 15.9 Å². The lowest BCUT2D eigenvalue weighted by Gasteiger charge is -2.30. The Morgan fingerprint density at radius 2 is 1.62 bits per heavy atom. The van der Waals surface area contributed by atoms with Crippen LogP contribution in [0.4, 0.5) is 5.00 Å². The van der Waals surface area contributed by atoms with Gasteiger partial charge in [-0.3, -0.25) is 9.59 Å². The number of carbonyl (C=O) groups is 2. The molecule has 0 aliphatic carbocycles. The minimum Gasteiger partial charge on any atom is -0.365 e. The van der Waals surface area contributed by atoms with Crippen LogP contribution in [0, 0.1) is 12.8 Å². The van der Waals surface area contributed by atoms with Crippen molar-refractivity contribution in [2.45, 2.75) is 25.5 Å². The van der Waals surface area contributed by atoms with Crippen molar-refractivity contribution >= 4 is 38.2 Å². The fourth-order valence-corrected chi connectivity index (χ4v) is 6.95. The van der Waals surface area contributed by atoms with Crippen molar-refractivity contribution in [2.75, 3.05) is 18.4 Å². The van der Waals surface area contributed by atoms with Gasteiger partial charge in [-0.05, 0) is 30.9 Å². The Bertz CT molecular complexity index is 1280. The number of thiophene rings is 1. The Morgan fingerprint density at radius 1 is 1.03 bits per heavy atom. The number of hydrogen-bond acceptors (Lipinski definition) is 5. The molecule has 1 aliphatic rings. The number of piperidine rings is 1. The Kier molecular flexibility index (Phi) is 7.16. The van der Waals surface area contributed by atoms with Crippen LogP contribution in [-0.2, 0) is 20.6 Å². The van der Waals surface area contributed by atoms with E-state index in [0.717, 1.165) is 21.6 Å². The number of sulfonamides is 1. The third-order valence-electron chi connectivity index (χ3n) is 6.04. The second kappa shape index (κ2) is 10.1. The van der Waals surface area contributed by atoms with Gasteiger partial charge in [-0.15, -0.1) is 11.3 Å². The molecule has 1 saturated heterocycles. The highest BCUT2D eigenvalue weighted by atomic mass is 32.2. The van der Waals surface area contributed by atoms with Gasteiger partial charge in [-0.25, -0.2) is 12.7 Å². The summed E-state index contributed by atoms with van der Waals surface area (Å²) in [4.78, 5) is 26.2. The fraction of sp³-hybridized carbons (Fsp3) is 0.280. The van der Waals surface area contributed by atoms with Gasteiger partial charge in [0, 0.05) is 29.4 Å². The standard InChI is InChI=1S/C25H27N3O4S2/c1-17-21(19-10-6-3-7-11-19)22(23(26)29)25(33-17)27-24(30)20-12-14-28(15-13-20)34(31,32)16-18-8-4-2-5-9-18/h2-11,20H,12-16H2,1H3,(H2,26,29)(H,27,30). The smallest absolute Gasteiger partial charge is 0.252 e. The normalized spacial score (nSPS) is 15.2. The maximum absolute atomic E-state index is 13.0. The number of rotatable bonds is 7. The topological polar surface area (TPSA) is 110 Å². The van der Waals surface area contributed by atoms with Crippen molar-refractivity contribution < 1.29 is 18.0 Å². The zero-order chi connectivity index (χ0) is 24.3. The highest BCUT2D eigenvalue weighted by molar-refractivity contribution is 7.88. The number of aryl methyl sites for hydroxylation is 1. The predicted molar refractivity (Wildman–Crippen MR) is 135 cm³/mol. The Hall–Kier alpha value is -3.01. The molecule has 0 spiro atoms. The molecular formula is C25H27N3O4S2. The first kappa shape index (κ1) is 24.1. The average molecular weight is 498 g/mol. The molecule has 178 valence electrons. The van der Waals surface area contributed by atoms with Gasteiger partial charge in [0.2, 0.25) is 15.9 Å². The molecular weight excluding hydrogens is 470 g/mol. The average Bonchev–Trinajstić information content (AvgIpc) is 3.15. The highest BCUT2D eigenvalue weighted by Crippen LogP contribution is 2.40. The number of nitrogens with zero attached hydrogens (tertiary/aromatic N) is 1. The molecule has 1 aromatic heterocycles. The summed E-state index contributed by atoms with van der Waals surface area (Å²) in [5.41, 5.74) is 8.34. The van der Waals surface area contributed by atoms with E-state index in [0.29, 0.717) is 23.4 Å². The fourth-order valence-electron chi connectivity index (χ4n) is 4.31. The first-order valence-electron chi connectivity index (χ1n) is 11.1. The summed E-state index contributed by atoms with van der Waals surface area (Å²) in [6.45, 7) is 2.47. The van der Waals surface area contributed by atoms with Crippen LogP contribution in [0.1, 0.15) is 33.6 Å². The van der Waals surface area contributed by atoms with E-state index in [4.69, 9.17) is 5.73 Å². The van der Waals surface area contributed by atoms with E-state index >= 15 is 0 Å². The molecule has 2 heterocycles. The second-order valence-corrected chi connectivity index (χ2v) is 11.6. The summed E-state index contributed by atoms with van der Waals surface area (Å²) < 4.78 is 27.0. The van der Waals surface area contributed by atoms with E-state index in [9.17, 15) is 18.0 Å². The Balaban J connectivity index is 1.44. The number of nitrogens with two attached hydrogens (primary N) is 1. The number of hydrogen-bond donors (Lipinski definition) is 2. The number of primary amides is 1. The SMILES string of the molecule is Cc1sc(NC(=O)C2CCN(S(=O)(=O)Cc3ccccc3)CC2)c(C(N)=O)c1-c1ccccc1. The molecule has 1 fully saturated rings. The van der Waals surface area contributed by atoms with Crippen molar-refractivity contribution in [3.05, 3.63) is 76.7 Å². The van der Waals surface area contributed by atoms with E-state index in [-0.39, 0.29) is 30.7 Å². The first-order chi connectivity index (χ1) is 16.3. The lowest BCUT2D eigenvalue weighted by atomic mass is 9.97. The molecule has 3 aromatic rings. The van der Waals surface area contributed by atoms with E-state index in [1.165, 1.54) is 15.6 Å². The number of amides is 2. The molecule has 34 heavy (non-hydrogen) atoms. The molecule has 0 radical (unpaired) electrons. The Labute approximate surface area is 203 Å². The van der Waals surface area contributed by atoms with Gasteiger partial charge in [0.1, 0.15) is 5.00 Å². The maximum atomic E-state index is 13.0. The van der Waals surface area contributed by atoms with E-state index in [1.54, 1.807) is 12.1 Å². The van der Waals surface area contributed by atoms with Crippen LogP contribution in [0.3, 0.4) is 0 Å². The molecule has 9 heteroatoms. The predicted octanol–water partition coefficient (Wildman–Crippen LogP) is 4.00. The minimum absolute atomic E-state index is 0.0522. The van der Waals surface area contributed by atoms with Gasteiger partial charge in [-0.2, -0.15) is 0 Å². The number of anilines is 1. The molecule has 0 atom stereocenters. The van der Waals surface area contributed by atoms with Crippen LogP contribution in [0.15, 0.2) is 60.7 Å². The summed E-state index contributed by atoms with van der Waals surface area (Å²) in [7, 11) is -3.45. The lowest BCUT2D eigenvalue weighted by Crippen LogP contribution is -2.41. The quantitative estimate of drug-likeness (QED) is 0.514. The third-order valence-corrected chi connectivity index (χ3v) is 8.91. The van der Waals surface area contributed by atoms with Gasteiger partial charge < -0.3 is 11.1 Å². The number of carbonyl (C=O) groups excluding carboxylic acids is 2. The maximum Gasteiger partial charge on any atom is 0.252 e. The van der Waals surface area contributed by atoms with Crippen LogP contribution < -0.4 is 11.1 Å². The molecule has 2 aromatic carbocycles. The van der Waals surface area contributed by atoms with Crippen molar-refractivity contribution in [2.24, 2.45) is 11.7 Å². The van der Waals surface area contributed by atoms with Crippen molar-refractivity contribution in [1.82, 2.24) is 4.31 Å². The van der Waals surface area contributed by atoms with Crippen LogP contribution in [0.25, 0.3) is 11.1 Å². The molecule has 0 bridgehead atoms. The molecule has 0 unspecified atom stereocenters. The summed E-state index contributed by atoms with van der Waals surface area (Å²) in [6, 6.07) is 18.5. The second-order valence-electron chi connectivity index (χ2n) is 8.37. The Morgan fingerprint density at radius 3 is 2.21 bits per heavy atom. The molecule has 2 amide bonds. The molecule has 1 aliphatic heterocycles. The third kappa shape index (κ3) is 5.22. The number of benzene rings is 2. The van der Waals surface area contributed by atoms with Gasteiger partial charge >= 0.3 is 0 Å². The van der Waals surface area contributed by atoms with Gasteiger partial charge in [0.15, 0.2) is 0 Å². The lowest BCUT2D eigenvalue weighted by molar-refractivity contribution is -0.120. The van der Waals surface area contributed by atoms with Crippen molar-refractivity contribution in [3.8, 4) is 11.1 Å². The molecule has 7 nitrogen and oxygen atoms in total. The molecule has 4 rings (SSSR count). The van der Waals surface area contributed by atoms with Crippen LogP contribution in [-0.4, -0.2) is 37.6 Å². The highest BCUT2D eigenvalue weighted by Gasteiger charge is 2.32. The largest absolute Gasteiger partial charge is 0.365 e. The molecule has 0 saturated carbocycles. The van der Waals surface area contributed by atoms with Gasteiger partial charge in [0.05, 0.1) is 11.3 Å². The van der Waals surface area contributed by atoms with Crippen LogP contribution >= 0.6 is 11.3 Å². The van der Waals surface area contributed by atoms with Gasteiger partial charge in [0.25, 0.3) is 5.91 Å². The van der Waals surface area contributed by atoms with Crippen LogP contribution in [0.2, 0.25) is 0 Å². The summed E-state index contributed by atoms with van der Waals surface area (Å²) in [5, 5.41) is 3.33. The van der Waals surface area contributed by atoms with Crippen molar-refractivity contribution in [3.63, 3.8) is 0 Å². The van der Waals surface area contributed by atoms with E-state index in [2.05, 4.69) is 5.32 Å². The van der Waals surface area contributed by atoms with Crippen LogP contribution in [0.5, 0.6) is 0 Å². The zero-order valence-corrected chi connectivity index (χ0v) is 20.5. The van der Waals surface area contributed by atoms with Crippen molar-refractivity contribution in [1.29, 1.82) is 0 Å². The molecule has 3 N–H and O–H groups in total. The number of nitrogens with one attached hydrogen (secondary N) is 1. The monoisotopic (exact) mass is 497 g/mol. The van der Waals surface area contributed by atoms with Gasteiger partial charge in [-0.1, -0.05) is 60.7 Å². The van der Waals surface area contributed by atoms with E-state index in [1.807, 2.05) is 55.5 Å². The summed E-state index contributed by atoms with van der Waals surface area (Å²) in [6.07, 6.45) is 0.837.